The van der Waals surface area contributed by atoms with Gasteiger partial charge in [-0.15, -0.1) is 0 Å². The summed E-state index contributed by atoms with van der Waals surface area (Å²) in [6.07, 6.45) is 6.64. The van der Waals surface area contributed by atoms with Gasteiger partial charge in [0, 0.05) is 33.5 Å². The largest absolute Gasteiger partial charge is 0.310 e. The van der Waals surface area contributed by atoms with E-state index in [0.29, 0.717) is 0 Å². The predicted molar refractivity (Wildman–Crippen MR) is 264 cm³/mol. The van der Waals surface area contributed by atoms with E-state index in [4.69, 9.17) is 0 Å². The van der Waals surface area contributed by atoms with Crippen LogP contribution in [0.5, 0.6) is 0 Å². The van der Waals surface area contributed by atoms with E-state index in [1.165, 1.54) is 99.2 Å². The van der Waals surface area contributed by atoms with E-state index >= 15 is 0 Å². The summed E-state index contributed by atoms with van der Waals surface area (Å²) in [5.74, 6) is 0. The summed E-state index contributed by atoms with van der Waals surface area (Å²) in [6.45, 7) is 0. The van der Waals surface area contributed by atoms with Crippen molar-refractivity contribution in [2.45, 2.75) is 12.8 Å². The smallest absolute Gasteiger partial charge is 0.0541 e. The second-order valence-corrected chi connectivity index (χ2v) is 16.4. The van der Waals surface area contributed by atoms with Crippen molar-refractivity contribution < 1.29 is 0 Å². The number of allylic oxidation sites excluding steroid dienone is 1. The average molecular weight is 791 g/mol. The summed E-state index contributed by atoms with van der Waals surface area (Å²) in [7, 11) is 0. The maximum atomic E-state index is 2.45. The zero-order valence-electron chi connectivity index (χ0n) is 34.2. The van der Waals surface area contributed by atoms with E-state index in [9.17, 15) is 0 Å². The predicted octanol–water partition coefficient (Wildman–Crippen LogP) is 16.5. The lowest BCUT2D eigenvalue weighted by Crippen LogP contribution is -2.13. The Labute approximate surface area is 361 Å². The number of aromatic nitrogens is 1. The van der Waals surface area contributed by atoms with Crippen molar-refractivity contribution >= 4 is 66.5 Å². The summed E-state index contributed by atoms with van der Waals surface area (Å²) >= 11 is 0. The first-order valence-corrected chi connectivity index (χ1v) is 21.6. The first-order chi connectivity index (χ1) is 30.8. The maximum Gasteiger partial charge on any atom is 0.0541 e. The molecule has 2 heteroatoms. The molecule has 0 atom stereocenters. The molecule has 11 aromatic rings. The summed E-state index contributed by atoms with van der Waals surface area (Å²) in [4.78, 5) is 2.45. The van der Waals surface area contributed by atoms with Crippen molar-refractivity contribution in [3.05, 3.63) is 236 Å². The van der Waals surface area contributed by atoms with Crippen molar-refractivity contribution in [2.75, 3.05) is 4.90 Å². The number of fused-ring (bicyclic) bond motifs is 6. The lowest BCUT2D eigenvalue weighted by molar-refractivity contribution is 0.979. The highest BCUT2D eigenvalue weighted by Gasteiger charge is 2.21. The Bertz CT molecular complexity index is 3490. The monoisotopic (exact) mass is 790 g/mol. The fourth-order valence-corrected chi connectivity index (χ4v) is 9.97. The Morgan fingerprint density at radius 2 is 0.984 bits per heavy atom. The van der Waals surface area contributed by atoms with Crippen LogP contribution in [0.25, 0.3) is 88.5 Å². The third kappa shape index (κ3) is 6.03. The second kappa shape index (κ2) is 15.0. The Morgan fingerprint density at radius 3 is 1.76 bits per heavy atom. The van der Waals surface area contributed by atoms with Crippen molar-refractivity contribution in [1.29, 1.82) is 0 Å². The van der Waals surface area contributed by atoms with E-state index < -0.39 is 0 Å². The Balaban J connectivity index is 0.966. The third-order valence-corrected chi connectivity index (χ3v) is 12.9. The molecular formula is C60H42N2. The van der Waals surface area contributed by atoms with Gasteiger partial charge in [0.15, 0.2) is 0 Å². The Hall–Kier alpha value is -7.94. The number of rotatable bonds is 7. The molecule has 0 fully saturated rings. The molecule has 1 aliphatic rings. The van der Waals surface area contributed by atoms with Gasteiger partial charge < -0.3 is 9.47 Å². The molecule has 0 saturated carbocycles. The van der Waals surface area contributed by atoms with Gasteiger partial charge in [0.2, 0.25) is 0 Å². The van der Waals surface area contributed by atoms with E-state index in [1.807, 2.05) is 0 Å². The number of anilines is 3. The highest BCUT2D eigenvalue weighted by molar-refractivity contribution is 6.13. The molecule has 1 aliphatic carbocycles. The first kappa shape index (κ1) is 36.0. The van der Waals surface area contributed by atoms with Crippen molar-refractivity contribution in [3.63, 3.8) is 0 Å². The summed E-state index contributed by atoms with van der Waals surface area (Å²) in [5, 5.41) is 7.53. The molecule has 0 N–H and O–H groups in total. The summed E-state index contributed by atoms with van der Waals surface area (Å²) in [5.41, 5.74) is 17.1. The van der Waals surface area contributed by atoms with Crippen LogP contribution in [0.3, 0.4) is 0 Å². The van der Waals surface area contributed by atoms with Gasteiger partial charge in [-0.1, -0.05) is 170 Å². The Kier molecular flexibility index (Phi) is 8.67. The van der Waals surface area contributed by atoms with Crippen LogP contribution in [-0.4, -0.2) is 4.57 Å². The molecule has 0 bridgehead atoms. The van der Waals surface area contributed by atoms with Gasteiger partial charge in [0.25, 0.3) is 0 Å². The molecule has 0 unspecified atom stereocenters. The quantitative estimate of drug-likeness (QED) is 0.156. The molecule has 0 amide bonds. The van der Waals surface area contributed by atoms with Gasteiger partial charge in [-0.3, -0.25) is 0 Å². The molecule has 0 radical (unpaired) electrons. The number of hydrogen-bond donors (Lipinski definition) is 0. The number of hydrogen-bond acceptors (Lipinski definition) is 1. The standard InChI is InChI=1S/C60H42N2/c1-2-20-47(21-3-1)62-58-28-9-8-24-55(58)56-40-46(34-39-59(56)62)54-27-12-19-45-18-11-26-53(60(45)54)44-32-37-49(38-33-44)61(57-29-13-17-42-15-5-7-23-52(42)57)48-35-30-43(31-36-48)51-25-10-16-41-14-4-6-22-50(41)51/h1-6,8-22,24-40H,7,23H2. The van der Waals surface area contributed by atoms with E-state index in [-0.39, 0.29) is 0 Å². The maximum absolute atomic E-state index is 2.45. The number of para-hydroxylation sites is 2. The van der Waals surface area contributed by atoms with Crippen LogP contribution in [-0.2, 0) is 6.42 Å². The van der Waals surface area contributed by atoms with E-state index in [0.717, 1.165) is 24.2 Å². The van der Waals surface area contributed by atoms with E-state index in [2.05, 4.69) is 240 Å². The van der Waals surface area contributed by atoms with Gasteiger partial charge >= 0.3 is 0 Å². The molecule has 1 aromatic heterocycles. The van der Waals surface area contributed by atoms with Crippen LogP contribution in [0.1, 0.15) is 17.5 Å². The molecule has 0 aliphatic heterocycles. The summed E-state index contributed by atoms with van der Waals surface area (Å²) < 4.78 is 2.38. The molecule has 0 saturated heterocycles. The van der Waals surface area contributed by atoms with Crippen LogP contribution in [0, 0.1) is 0 Å². The molecular weight excluding hydrogens is 749 g/mol. The Morgan fingerprint density at radius 1 is 0.403 bits per heavy atom. The van der Waals surface area contributed by atoms with Gasteiger partial charge in [-0.25, -0.2) is 0 Å². The SMILES string of the molecule is C1=Cc2cccc(N(c3ccc(-c4cccc5ccccc45)cc3)c3ccc(-c4cccc5cccc(-c6ccc7c(c6)c6ccccc6n7-c6ccccc6)c45)cc3)c2CC1. The van der Waals surface area contributed by atoms with Gasteiger partial charge in [0.05, 0.1) is 11.0 Å². The van der Waals surface area contributed by atoms with Crippen LogP contribution < -0.4 is 4.90 Å². The minimum absolute atomic E-state index is 1.02. The minimum Gasteiger partial charge on any atom is -0.310 e. The van der Waals surface area contributed by atoms with Crippen LogP contribution in [0.2, 0.25) is 0 Å². The minimum atomic E-state index is 1.02. The molecule has 2 nitrogen and oxygen atoms in total. The van der Waals surface area contributed by atoms with Crippen molar-refractivity contribution in [1.82, 2.24) is 4.57 Å². The molecule has 10 aromatic carbocycles. The normalized spacial score (nSPS) is 12.3. The zero-order chi connectivity index (χ0) is 41.0. The van der Waals surface area contributed by atoms with Gasteiger partial charge in [-0.05, 0) is 140 Å². The molecule has 292 valence electrons. The highest BCUT2D eigenvalue weighted by atomic mass is 15.1. The van der Waals surface area contributed by atoms with Crippen LogP contribution >= 0.6 is 0 Å². The zero-order valence-corrected chi connectivity index (χ0v) is 34.2. The molecule has 1 heterocycles. The second-order valence-electron chi connectivity index (χ2n) is 16.4. The fourth-order valence-electron chi connectivity index (χ4n) is 9.97. The molecule has 62 heavy (non-hydrogen) atoms. The van der Waals surface area contributed by atoms with Gasteiger partial charge in [-0.2, -0.15) is 0 Å². The number of benzene rings is 10. The van der Waals surface area contributed by atoms with Crippen LogP contribution in [0.4, 0.5) is 17.1 Å². The average Bonchev–Trinajstić information content (AvgIpc) is 3.68. The number of nitrogens with zero attached hydrogens (tertiary/aromatic N) is 2. The summed E-state index contributed by atoms with van der Waals surface area (Å²) in [6, 6.07) is 80.2. The highest BCUT2D eigenvalue weighted by Crippen LogP contribution is 2.44. The van der Waals surface area contributed by atoms with Gasteiger partial charge in [0.1, 0.15) is 0 Å². The van der Waals surface area contributed by atoms with Crippen molar-refractivity contribution in [3.8, 4) is 39.1 Å². The first-order valence-electron chi connectivity index (χ1n) is 21.6. The third-order valence-electron chi connectivity index (χ3n) is 12.9. The molecule has 0 spiro atoms. The lowest BCUT2D eigenvalue weighted by atomic mass is 9.91. The van der Waals surface area contributed by atoms with E-state index in [1.54, 1.807) is 0 Å². The van der Waals surface area contributed by atoms with Crippen LogP contribution in [0.15, 0.2) is 224 Å². The fraction of sp³-hybridized carbons (Fsp3) is 0.0333. The molecule has 12 rings (SSSR count). The van der Waals surface area contributed by atoms with Crippen molar-refractivity contribution in [2.24, 2.45) is 0 Å². The lowest BCUT2D eigenvalue weighted by Gasteiger charge is -2.29. The topological polar surface area (TPSA) is 8.17 Å².